The minimum Gasteiger partial charge on any atom is -0.463 e. The normalized spacial score (nSPS) is 12.4. The third kappa shape index (κ3) is 16.0. The molecule has 0 aromatic heterocycles. The van der Waals surface area contributed by atoms with Crippen molar-refractivity contribution >= 4 is 35.3 Å². The summed E-state index contributed by atoms with van der Waals surface area (Å²) in [7, 11) is 0. The molecule has 0 radical (unpaired) electrons. The van der Waals surface area contributed by atoms with Crippen molar-refractivity contribution < 1.29 is 52.8 Å². The van der Waals surface area contributed by atoms with Crippen molar-refractivity contribution in [2.75, 3.05) is 26.4 Å². The Labute approximate surface area is 167 Å². The number of Topliss-reactive ketones (excluding diaryl/α,β-unsaturated/α-hetero) is 3. The molecule has 0 saturated heterocycles. The van der Waals surface area contributed by atoms with Crippen LogP contribution in [0.15, 0.2) is 0 Å². The van der Waals surface area contributed by atoms with Crippen LogP contribution >= 0.6 is 0 Å². The molecule has 29 heavy (non-hydrogen) atoms. The van der Waals surface area contributed by atoms with Crippen LogP contribution in [0.2, 0.25) is 0 Å². The van der Waals surface area contributed by atoms with Crippen LogP contribution in [0.25, 0.3) is 0 Å². The largest absolute Gasteiger partial charge is 0.463 e. The van der Waals surface area contributed by atoms with Gasteiger partial charge in [-0.1, -0.05) is 0 Å². The van der Waals surface area contributed by atoms with Crippen LogP contribution < -0.4 is 0 Å². The first kappa shape index (κ1) is 26.3. The predicted octanol–water partition coefficient (Wildman–Crippen LogP) is -0.701. The predicted molar refractivity (Wildman–Crippen MR) is 94.5 cm³/mol. The number of rotatable bonds is 15. The van der Waals surface area contributed by atoms with Crippen LogP contribution in [-0.4, -0.2) is 79.0 Å². The van der Waals surface area contributed by atoms with E-state index in [1.807, 2.05) is 0 Å². The van der Waals surface area contributed by atoms with E-state index in [-0.39, 0.29) is 19.0 Å². The van der Waals surface area contributed by atoms with E-state index in [2.05, 4.69) is 4.74 Å². The Morgan fingerprint density at radius 1 is 0.655 bits per heavy atom. The fourth-order valence-corrected chi connectivity index (χ4v) is 1.81. The van der Waals surface area contributed by atoms with Gasteiger partial charge in [0.1, 0.15) is 55.9 Å². The van der Waals surface area contributed by atoms with Gasteiger partial charge in [-0.05, 0) is 20.8 Å². The summed E-state index contributed by atoms with van der Waals surface area (Å²) < 4.78 is 19.7. The zero-order valence-corrected chi connectivity index (χ0v) is 16.6. The molecule has 0 rings (SSSR count). The van der Waals surface area contributed by atoms with Gasteiger partial charge in [0.15, 0.2) is 6.10 Å². The Hall–Kier alpha value is -2.66. The van der Waals surface area contributed by atoms with E-state index in [4.69, 9.17) is 14.2 Å². The van der Waals surface area contributed by atoms with Crippen LogP contribution in [0.4, 0.5) is 0 Å². The molecule has 1 N–H and O–H groups in total. The number of hydrogen-bond donors (Lipinski definition) is 1. The van der Waals surface area contributed by atoms with Crippen molar-refractivity contribution in [2.24, 2.45) is 0 Å². The quantitative estimate of drug-likeness (QED) is 0.203. The first-order valence-corrected chi connectivity index (χ1v) is 8.74. The molecule has 2 unspecified atom stereocenters. The van der Waals surface area contributed by atoms with E-state index in [1.54, 1.807) is 0 Å². The molecule has 0 amide bonds. The summed E-state index contributed by atoms with van der Waals surface area (Å²) in [5.74, 6) is -3.67. The summed E-state index contributed by atoms with van der Waals surface area (Å²) in [5.41, 5.74) is 0. The molecule has 0 aliphatic carbocycles. The van der Waals surface area contributed by atoms with Gasteiger partial charge in [-0.3, -0.25) is 28.8 Å². The van der Waals surface area contributed by atoms with E-state index in [0.29, 0.717) is 0 Å². The third-order valence-corrected chi connectivity index (χ3v) is 2.96. The highest BCUT2D eigenvalue weighted by atomic mass is 16.6. The van der Waals surface area contributed by atoms with Gasteiger partial charge in [0.25, 0.3) is 0 Å². The van der Waals surface area contributed by atoms with E-state index >= 15 is 0 Å². The third-order valence-electron chi connectivity index (χ3n) is 2.96. The van der Waals surface area contributed by atoms with Crippen LogP contribution in [-0.2, 0) is 47.7 Å². The number of aliphatic hydroxyl groups is 1. The molecule has 0 fully saturated rings. The molecule has 0 aromatic carbocycles. The van der Waals surface area contributed by atoms with Crippen molar-refractivity contribution in [3.8, 4) is 0 Å². The fourth-order valence-electron chi connectivity index (χ4n) is 1.81. The van der Waals surface area contributed by atoms with Gasteiger partial charge in [0.05, 0.1) is 13.2 Å². The second-order valence-electron chi connectivity index (χ2n) is 6.31. The Morgan fingerprint density at radius 2 is 1.10 bits per heavy atom. The van der Waals surface area contributed by atoms with Gasteiger partial charge in [-0.15, -0.1) is 0 Å². The van der Waals surface area contributed by atoms with Crippen molar-refractivity contribution in [3.63, 3.8) is 0 Å². The molecule has 0 aliphatic heterocycles. The van der Waals surface area contributed by atoms with Crippen LogP contribution in [0.3, 0.4) is 0 Å². The van der Waals surface area contributed by atoms with Gasteiger partial charge in [0, 0.05) is 0 Å². The van der Waals surface area contributed by atoms with Crippen molar-refractivity contribution in [3.05, 3.63) is 0 Å². The number of carbonyl (C=O) groups excluding carboxylic acids is 6. The smallest absolute Gasteiger partial charge is 0.313 e. The highest BCUT2D eigenvalue weighted by Crippen LogP contribution is 2.02. The minimum absolute atomic E-state index is 0.296. The van der Waals surface area contributed by atoms with E-state index < -0.39 is 74.2 Å². The molecule has 0 saturated carbocycles. The average Bonchev–Trinajstić information content (AvgIpc) is 2.55. The number of aliphatic hydroxyl groups excluding tert-OH is 1. The Balaban J connectivity index is 4.46. The van der Waals surface area contributed by atoms with E-state index in [1.165, 1.54) is 20.8 Å². The summed E-state index contributed by atoms with van der Waals surface area (Å²) in [6.07, 6.45) is -3.62. The highest BCUT2D eigenvalue weighted by Gasteiger charge is 2.20. The molecule has 0 bridgehead atoms. The first-order valence-electron chi connectivity index (χ1n) is 8.74. The summed E-state index contributed by atoms with van der Waals surface area (Å²) >= 11 is 0. The van der Waals surface area contributed by atoms with Crippen molar-refractivity contribution in [1.82, 2.24) is 0 Å². The van der Waals surface area contributed by atoms with Crippen LogP contribution in [0.5, 0.6) is 0 Å². The standard InChI is InChI=1S/C18H26O11/c1-11(19)4-16(23)27-8-14(22)7-26-9-15(29-18(25)6-13(3)21)10-28-17(24)5-12(2)20/h14-15,22H,4-10H2,1-3H3. The monoisotopic (exact) mass is 418 g/mol. The number of ketones is 3. The fraction of sp³-hybridized carbons (Fsp3) is 0.667. The lowest BCUT2D eigenvalue weighted by molar-refractivity contribution is -0.165. The summed E-state index contributed by atoms with van der Waals surface area (Å²) in [5, 5.41) is 9.70. The van der Waals surface area contributed by atoms with E-state index in [9.17, 15) is 33.9 Å². The maximum absolute atomic E-state index is 11.6. The van der Waals surface area contributed by atoms with Crippen molar-refractivity contribution in [1.29, 1.82) is 0 Å². The highest BCUT2D eigenvalue weighted by molar-refractivity contribution is 5.95. The molecular formula is C18H26O11. The second kappa shape index (κ2) is 14.4. The maximum atomic E-state index is 11.6. The summed E-state index contributed by atoms with van der Waals surface area (Å²) in [4.78, 5) is 66.9. The van der Waals surface area contributed by atoms with Crippen molar-refractivity contribution in [2.45, 2.75) is 52.2 Å². The summed E-state index contributed by atoms with van der Waals surface area (Å²) in [6, 6.07) is 0. The second-order valence-corrected chi connectivity index (χ2v) is 6.31. The SMILES string of the molecule is CC(=O)CC(=O)OCC(O)COCC(COC(=O)CC(C)=O)OC(=O)CC(C)=O. The Morgan fingerprint density at radius 3 is 1.59 bits per heavy atom. The van der Waals surface area contributed by atoms with Crippen LogP contribution in [0.1, 0.15) is 40.0 Å². The van der Waals surface area contributed by atoms with Gasteiger partial charge in [-0.25, -0.2) is 0 Å². The maximum Gasteiger partial charge on any atom is 0.313 e. The molecule has 0 aromatic rings. The Bertz CT molecular complexity index is 611. The lowest BCUT2D eigenvalue weighted by atomic mass is 10.3. The van der Waals surface area contributed by atoms with Gasteiger partial charge < -0.3 is 24.1 Å². The molecule has 11 nitrogen and oxygen atoms in total. The number of hydrogen-bond acceptors (Lipinski definition) is 11. The number of esters is 3. The lowest BCUT2D eigenvalue weighted by Crippen LogP contribution is -2.32. The molecule has 0 heterocycles. The lowest BCUT2D eigenvalue weighted by Gasteiger charge is -2.19. The van der Waals surface area contributed by atoms with Gasteiger partial charge in [0.2, 0.25) is 0 Å². The number of ether oxygens (including phenoxy) is 4. The average molecular weight is 418 g/mol. The zero-order valence-electron chi connectivity index (χ0n) is 16.6. The molecule has 0 aliphatic rings. The van der Waals surface area contributed by atoms with E-state index in [0.717, 1.165) is 0 Å². The molecule has 164 valence electrons. The Kier molecular flexibility index (Phi) is 13.0. The molecule has 2 atom stereocenters. The molecular weight excluding hydrogens is 392 g/mol. The first-order chi connectivity index (χ1) is 13.5. The molecule has 0 spiro atoms. The zero-order chi connectivity index (χ0) is 22.4. The van der Waals surface area contributed by atoms with Gasteiger partial charge >= 0.3 is 17.9 Å². The minimum atomic E-state index is -1.21. The van der Waals surface area contributed by atoms with Gasteiger partial charge in [-0.2, -0.15) is 0 Å². The number of carbonyl (C=O) groups is 6. The summed E-state index contributed by atoms with van der Waals surface area (Å²) in [6.45, 7) is 2.19. The van der Waals surface area contributed by atoms with Crippen LogP contribution in [0, 0.1) is 0 Å². The molecule has 11 heteroatoms. The topological polar surface area (TPSA) is 160 Å².